The van der Waals surface area contributed by atoms with Gasteiger partial charge in [0.1, 0.15) is 5.82 Å². The number of carbonyl (C=O) groups is 1. The molecule has 0 aliphatic carbocycles. The number of thioether (sulfide) groups is 1. The molecule has 1 unspecified atom stereocenters. The summed E-state index contributed by atoms with van der Waals surface area (Å²) in [6.07, 6.45) is 1.00. The van der Waals surface area contributed by atoms with Crippen LogP contribution in [0.2, 0.25) is 0 Å². The van der Waals surface area contributed by atoms with Crippen LogP contribution < -0.4 is 0 Å². The molecule has 1 aromatic rings. The van der Waals surface area contributed by atoms with Gasteiger partial charge in [0.05, 0.1) is 5.56 Å². The molecule has 86 valence electrons. The summed E-state index contributed by atoms with van der Waals surface area (Å²) in [5, 5.41) is 0. The second kappa shape index (κ2) is 4.87. The second-order valence-corrected chi connectivity index (χ2v) is 5.06. The Bertz CT molecular complexity index is 390. The predicted molar refractivity (Wildman–Crippen MR) is 64.2 cm³/mol. The van der Waals surface area contributed by atoms with Crippen LogP contribution >= 0.6 is 11.8 Å². The molecule has 4 heteroatoms. The fraction of sp³-hybridized carbons (Fsp3) is 0.417. The molecule has 0 bridgehead atoms. The molecule has 0 radical (unpaired) electrons. The number of hydrogen-bond acceptors (Lipinski definition) is 2. The topological polar surface area (TPSA) is 20.3 Å². The Balaban J connectivity index is 2.15. The van der Waals surface area contributed by atoms with Crippen molar-refractivity contribution in [3.63, 3.8) is 0 Å². The predicted octanol–water partition coefficient (Wildman–Crippen LogP) is 2.40. The van der Waals surface area contributed by atoms with Crippen LogP contribution in [-0.4, -0.2) is 35.4 Å². The zero-order chi connectivity index (χ0) is 11.5. The third kappa shape index (κ3) is 2.21. The summed E-state index contributed by atoms with van der Waals surface area (Å²) in [6, 6.07) is 6.39. The first kappa shape index (κ1) is 11.5. The van der Waals surface area contributed by atoms with Crippen molar-refractivity contribution in [3.8, 4) is 0 Å². The monoisotopic (exact) mass is 239 g/mol. The lowest BCUT2D eigenvalue weighted by atomic mass is 10.1. The molecule has 1 aliphatic rings. The first-order chi connectivity index (χ1) is 7.70. The van der Waals surface area contributed by atoms with Crippen LogP contribution in [0.25, 0.3) is 0 Å². The number of nitrogens with zero attached hydrogens (tertiary/aromatic N) is 1. The molecule has 1 atom stereocenters. The van der Waals surface area contributed by atoms with Gasteiger partial charge in [-0.05, 0) is 24.3 Å². The first-order valence-electron chi connectivity index (χ1n) is 5.29. The SMILES string of the molecule is CN(C(=O)c1ccccc1F)C1CCSC1. The Morgan fingerprint density at radius 3 is 2.88 bits per heavy atom. The van der Waals surface area contributed by atoms with Gasteiger partial charge < -0.3 is 4.90 Å². The number of benzene rings is 1. The van der Waals surface area contributed by atoms with Gasteiger partial charge in [0.2, 0.25) is 0 Å². The maximum absolute atomic E-state index is 13.4. The van der Waals surface area contributed by atoms with Gasteiger partial charge in [-0.1, -0.05) is 12.1 Å². The first-order valence-corrected chi connectivity index (χ1v) is 6.45. The van der Waals surface area contributed by atoms with E-state index in [0.29, 0.717) is 0 Å². The average Bonchev–Trinajstić information content (AvgIpc) is 2.81. The molecule has 16 heavy (non-hydrogen) atoms. The number of rotatable bonds is 2. The van der Waals surface area contributed by atoms with Gasteiger partial charge in [0.15, 0.2) is 0 Å². The highest BCUT2D eigenvalue weighted by molar-refractivity contribution is 7.99. The minimum Gasteiger partial charge on any atom is -0.338 e. The number of halogens is 1. The van der Waals surface area contributed by atoms with E-state index in [1.807, 2.05) is 11.8 Å². The maximum Gasteiger partial charge on any atom is 0.256 e. The van der Waals surface area contributed by atoms with Crippen molar-refractivity contribution in [1.29, 1.82) is 0 Å². The van der Waals surface area contributed by atoms with Gasteiger partial charge in [-0.3, -0.25) is 4.79 Å². The second-order valence-electron chi connectivity index (χ2n) is 3.91. The van der Waals surface area contributed by atoms with Crippen molar-refractivity contribution < 1.29 is 9.18 Å². The number of carbonyl (C=O) groups excluding carboxylic acids is 1. The van der Waals surface area contributed by atoms with Crippen molar-refractivity contribution in [2.24, 2.45) is 0 Å². The molecule has 1 amide bonds. The molecule has 1 saturated heterocycles. The fourth-order valence-electron chi connectivity index (χ4n) is 1.82. The van der Waals surface area contributed by atoms with Crippen LogP contribution in [0.3, 0.4) is 0 Å². The highest BCUT2D eigenvalue weighted by Crippen LogP contribution is 2.23. The van der Waals surface area contributed by atoms with E-state index in [-0.39, 0.29) is 17.5 Å². The van der Waals surface area contributed by atoms with E-state index in [1.165, 1.54) is 12.1 Å². The van der Waals surface area contributed by atoms with E-state index in [0.717, 1.165) is 17.9 Å². The van der Waals surface area contributed by atoms with Crippen LogP contribution in [0.15, 0.2) is 24.3 Å². The zero-order valence-corrected chi connectivity index (χ0v) is 9.97. The molecule has 0 N–H and O–H groups in total. The van der Waals surface area contributed by atoms with E-state index in [9.17, 15) is 9.18 Å². The largest absolute Gasteiger partial charge is 0.338 e. The molecule has 1 heterocycles. The molecule has 0 aromatic heterocycles. The molecule has 1 aromatic carbocycles. The Labute approximate surface area is 98.8 Å². The van der Waals surface area contributed by atoms with E-state index < -0.39 is 5.82 Å². The number of amides is 1. The molecule has 2 rings (SSSR count). The van der Waals surface area contributed by atoms with E-state index in [4.69, 9.17) is 0 Å². The Hall–Kier alpha value is -1.03. The Kier molecular flexibility index (Phi) is 3.49. The lowest BCUT2D eigenvalue weighted by Gasteiger charge is -2.23. The lowest BCUT2D eigenvalue weighted by Crippen LogP contribution is -2.37. The van der Waals surface area contributed by atoms with E-state index in [2.05, 4.69) is 0 Å². The summed E-state index contributed by atoms with van der Waals surface area (Å²) >= 11 is 1.84. The summed E-state index contributed by atoms with van der Waals surface area (Å²) in [4.78, 5) is 13.7. The van der Waals surface area contributed by atoms with Crippen LogP contribution in [0.4, 0.5) is 4.39 Å². The van der Waals surface area contributed by atoms with Gasteiger partial charge in [-0.15, -0.1) is 0 Å². The quantitative estimate of drug-likeness (QED) is 0.790. The van der Waals surface area contributed by atoms with Gasteiger partial charge in [0, 0.05) is 18.8 Å². The highest BCUT2D eigenvalue weighted by atomic mass is 32.2. The minimum absolute atomic E-state index is 0.168. The van der Waals surface area contributed by atoms with E-state index >= 15 is 0 Å². The molecule has 0 spiro atoms. The standard InChI is InChI=1S/C12H14FNOS/c1-14(9-6-7-16-8-9)12(15)10-4-2-3-5-11(10)13/h2-5,9H,6-8H2,1H3. The van der Waals surface area contributed by atoms with Crippen molar-refractivity contribution >= 4 is 17.7 Å². The van der Waals surface area contributed by atoms with Crippen LogP contribution in [0.1, 0.15) is 16.8 Å². The summed E-state index contributed by atoms with van der Waals surface area (Å²) < 4.78 is 13.4. The minimum atomic E-state index is -0.440. The highest BCUT2D eigenvalue weighted by Gasteiger charge is 2.25. The molecule has 0 saturated carbocycles. The van der Waals surface area contributed by atoms with Gasteiger partial charge in [-0.2, -0.15) is 11.8 Å². The molecular weight excluding hydrogens is 225 g/mol. The molecular formula is C12H14FNOS. The van der Waals surface area contributed by atoms with Crippen molar-refractivity contribution in [3.05, 3.63) is 35.6 Å². The van der Waals surface area contributed by atoms with Crippen molar-refractivity contribution in [1.82, 2.24) is 4.90 Å². The summed E-state index contributed by atoms with van der Waals surface area (Å²) in [6.45, 7) is 0. The van der Waals surface area contributed by atoms with E-state index in [1.54, 1.807) is 24.1 Å². The average molecular weight is 239 g/mol. The van der Waals surface area contributed by atoms with Gasteiger partial charge in [0.25, 0.3) is 5.91 Å². The van der Waals surface area contributed by atoms with Crippen LogP contribution in [0.5, 0.6) is 0 Å². The summed E-state index contributed by atoms with van der Waals surface area (Å²) in [5.74, 6) is 1.38. The fourth-order valence-corrected chi connectivity index (χ4v) is 3.09. The summed E-state index contributed by atoms with van der Waals surface area (Å²) in [5.41, 5.74) is 0.168. The number of hydrogen-bond donors (Lipinski definition) is 0. The molecule has 2 nitrogen and oxygen atoms in total. The zero-order valence-electron chi connectivity index (χ0n) is 9.15. The molecule has 1 aliphatic heterocycles. The van der Waals surface area contributed by atoms with Gasteiger partial charge >= 0.3 is 0 Å². The normalized spacial score (nSPS) is 19.8. The summed E-state index contributed by atoms with van der Waals surface area (Å²) in [7, 11) is 1.76. The smallest absolute Gasteiger partial charge is 0.256 e. The lowest BCUT2D eigenvalue weighted by molar-refractivity contribution is 0.0743. The Morgan fingerprint density at radius 1 is 1.50 bits per heavy atom. The van der Waals surface area contributed by atoms with Crippen molar-refractivity contribution in [2.45, 2.75) is 12.5 Å². The van der Waals surface area contributed by atoms with Crippen LogP contribution in [0, 0.1) is 5.82 Å². The third-order valence-corrected chi connectivity index (χ3v) is 4.02. The maximum atomic E-state index is 13.4. The third-order valence-electron chi connectivity index (χ3n) is 2.88. The van der Waals surface area contributed by atoms with Crippen molar-refractivity contribution in [2.75, 3.05) is 18.6 Å². The Morgan fingerprint density at radius 2 is 2.25 bits per heavy atom. The molecule has 1 fully saturated rings. The van der Waals surface area contributed by atoms with Crippen LogP contribution in [-0.2, 0) is 0 Å². The van der Waals surface area contributed by atoms with Gasteiger partial charge in [-0.25, -0.2) is 4.39 Å².